The van der Waals surface area contributed by atoms with Crippen molar-refractivity contribution in [1.29, 1.82) is 10.5 Å². The lowest BCUT2D eigenvalue weighted by molar-refractivity contribution is 0.231. The van der Waals surface area contributed by atoms with Crippen LogP contribution in [-0.4, -0.2) is 37.1 Å². The highest BCUT2D eigenvalue weighted by Gasteiger charge is 2.30. The van der Waals surface area contributed by atoms with Gasteiger partial charge in [0.1, 0.15) is 17.7 Å². The minimum atomic E-state index is 0.0708. The average Bonchev–Trinajstić information content (AvgIpc) is 3.04. The van der Waals surface area contributed by atoms with E-state index in [9.17, 15) is 0 Å². The second kappa shape index (κ2) is 6.51. The topological polar surface area (TPSA) is 66.1 Å². The van der Waals surface area contributed by atoms with E-state index in [4.69, 9.17) is 10.5 Å². The largest absolute Gasteiger partial charge is 0.369 e. The van der Waals surface area contributed by atoms with Crippen LogP contribution in [0.1, 0.15) is 12.8 Å². The van der Waals surface area contributed by atoms with Gasteiger partial charge in [-0.15, -0.1) is 0 Å². The van der Waals surface area contributed by atoms with Gasteiger partial charge in [-0.3, -0.25) is 4.90 Å². The van der Waals surface area contributed by atoms with E-state index in [2.05, 4.69) is 27.2 Å². The quantitative estimate of drug-likeness (QED) is 0.866. The zero-order valence-corrected chi connectivity index (χ0v) is 12.5. The molecule has 2 aliphatic rings. The van der Waals surface area contributed by atoms with Crippen LogP contribution in [-0.2, 0) is 0 Å². The van der Waals surface area contributed by atoms with Gasteiger partial charge in [-0.25, -0.2) is 0 Å². The van der Waals surface area contributed by atoms with Crippen molar-refractivity contribution in [3.8, 4) is 12.1 Å². The number of nitrogens with one attached hydrogen (secondary N) is 1. The first-order valence-corrected chi connectivity index (χ1v) is 7.66. The molecule has 3 rings (SSSR count). The molecule has 1 aromatic rings. The minimum Gasteiger partial charge on any atom is -0.369 e. The van der Waals surface area contributed by atoms with Crippen LogP contribution in [0.2, 0.25) is 0 Å². The van der Waals surface area contributed by atoms with Crippen molar-refractivity contribution >= 4 is 11.4 Å². The lowest BCUT2D eigenvalue weighted by Gasteiger charge is -2.38. The fraction of sp³-hybridized carbons (Fsp3) is 0.412. The van der Waals surface area contributed by atoms with Crippen LogP contribution in [0.5, 0.6) is 0 Å². The van der Waals surface area contributed by atoms with Crippen molar-refractivity contribution < 1.29 is 0 Å². The third-order valence-corrected chi connectivity index (χ3v) is 4.44. The first kappa shape index (κ1) is 14.4. The van der Waals surface area contributed by atoms with E-state index in [1.165, 1.54) is 31.3 Å². The number of anilines is 2. The second-order valence-electron chi connectivity index (χ2n) is 5.75. The normalized spacial score (nSPS) is 20.6. The predicted molar refractivity (Wildman–Crippen MR) is 86.2 cm³/mol. The Kier molecular flexibility index (Phi) is 4.27. The van der Waals surface area contributed by atoms with Crippen molar-refractivity contribution in [2.24, 2.45) is 0 Å². The highest BCUT2D eigenvalue weighted by Crippen LogP contribution is 2.26. The van der Waals surface area contributed by atoms with E-state index in [1.807, 2.05) is 24.3 Å². The van der Waals surface area contributed by atoms with Gasteiger partial charge >= 0.3 is 0 Å². The molecule has 0 radical (unpaired) electrons. The van der Waals surface area contributed by atoms with Crippen molar-refractivity contribution in [3.63, 3.8) is 0 Å². The maximum absolute atomic E-state index is 8.70. The van der Waals surface area contributed by atoms with Gasteiger partial charge in [0, 0.05) is 43.3 Å². The lowest BCUT2D eigenvalue weighted by atomic mass is 10.1. The first-order valence-electron chi connectivity index (χ1n) is 7.66. The summed E-state index contributed by atoms with van der Waals surface area (Å²) in [6, 6.07) is 12.5. The van der Waals surface area contributed by atoms with Gasteiger partial charge in [0.05, 0.1) is 0 Å². The Hall–Kier alpha value is -2.50. The Morgan fingerprint density at radius 2 is 1.91 bits per heavy atom. The number of allylic oxidation sites excluding steroid dienone is 1. The molecule has 0 bridgehead atoms. The number of fused-ring (bicyclic) bond motifs is 1. The molecule has 112 valence electrons. The number of benzene rings is 1. The molecule has 0 aliphatic carbocycles. The van der Waals surface area contributed by atoms with Crippen molar-refractivity contribution in [1.82, 2.24) is 4.90 Å². The summed E-state index contributed by atoms with van der Waals surface area (Å²) in [6.45, 7) is 4.60. The maximum atomic E-state index is 8.70. The summed E-state index contributed by atoms with van der Waals surface area (Å²) in [5.41, 5.74) is 2.19. The molecule has 0 spiro atoms. The Morgan fingerprint density at radius 3 is 2.64 bits per heavy atom. The van der Waals surface area contributed by atoms with Gasteiger partial charge in [-0.05, 0) is 43.7 Å². The smallest absolute Gasteiger partial charge is 0.145 e. The number of hydrogen-bond donors (Lipinski definition) is 1. The molecule has 1 N–H and O–H groups in total. The molecule has 2 heterocycles. The summed E-state index contributed by atoms with van der Waals surface area (Å²) in [6.07, 6.45) is 4.08. The Morgan fingerprint density at radius 1 is 1.14 bits per heavy atom. The van der Waals surface area contributed by atoms with E-state index >= 15 is 0 Å². The molecule has 2 fully saturated rings. The minimum absolute atomic E-state index is 0.0708. The molecule has 0 aromatic heterocycles. The third-order valence-electron chi connectivity index (χ3n) is 4.44. The number of hydrogen-bond acceptors (Lipinski definition) is 5. The highest BCUT2D eigenvalue weighted by atomic mass is 15.3. The molecule has 22 heavy (non-hydrogen) atoms. The van der Waals surface area contributed by atoms with E-state index in [1.54, 1.807) is 0 Å². The first-order chi connectivity index (χ1) is 10.8. The summed E-state index contributed by atoms with van der Waals surface area (Å²) >= 11 is 0. The Bertz CT molecular complexity index is 618. The van der Waals surface area contributed by atoms with Crippen LogP contribution in [0.25, 0.3) is 0 Å². The summed E-state index contributed by atoms with van der Waals surface area (Å²) in [7, 11) is 0. The van der Waals surface area contributed by atoms with Gasteiger partial charge in [0.25, 0.3) is 0 Å². The van der Waals surface area contributed by atoms with Crippen molar-refractivity contribution in [2.45, 2.75) is 18.9 Å². The Balaban J connectivity index is 1.63. The van der Waals surface area contributed by atoms with Gasteiger partial charge < -0.3 is 10.2 Å². The maximum Gasteiger partial charge on any atom is 0.145 e. The third kappa shape index (κ3) is 3.05. The molecule has 0 amide bonds. The van der Waals surface area contributed by atoms with Crippen LogP contribution < -0.4 is 10.2 Å². The fourth-order valence-corrected chi connectivity index (χ4v) is 3.24. The van der Waals surface area contributed by atoms with E-state index in [-0.39, 0.29) is 5.57 Å². The predicted octanol–water partition coefficient (Wildman–Crippen LogP) is 2.31. The van der Waals surface area contributed by atoms with E-state index < -0.39 is 0 Å². The molecular weight excluding hydrogens is 274 g/mol. The van der Waals surface area contributed by atoms with Gasteiger partial charge in [0.2, 0.25) is 0 Å². The molecule has 5 heteroatoms. The van der Waals surface area contributed by atoms with E-state index in [0.29, 0.717) is 6.04 Å². The summed E-state index contributed by atoms with van der Waals surface area (Å²) < 4.78 is 0. The van der Waals surface area contributed by atoms with Gasteiger partial charge in [-0.2, -0.15) is 10.5 Å². The molecule has 2 saturated heterocycles. The monoisotopic (exact) mass is 293 g/mol. The number of piperazine rings is 1. The van der Waals surface area contributed by atoms with Crippen LogP contribution in [0.3, 0.4) is 0 Å². The van der Waals surface area contributed by atoms with Crippen LogP contribution in [0, 0.1) is 22.7 Å². The number of nitrogens with zero attached hydrogens (tertiary/aromatic N) is 4. The zero-order chi connectivity index (χ0) is 15.4. The lowest BCUT2D eigenvalue weighted by Crippen LogP contribution is -2.50. The van der Waals surface area contributed by atoms with Crippen LogP contribution in [0.4, 0.5) is 11.4 Å². The molecular formula is C17H19N5. The molecule has 1 aromatic carbocycles. The molecule has 1 unspecified atom stereocenters. The SMILES string of the molecule is N#CC(C#N)=CNc1ccc(N2CCN3CCCC3C2)cc1. The average molecular weight is 293 g/mol. The van der Waals surface area contributed by atoms with Crippen LogP contribution in [0.15, 0.2) is 36.0 Å². The number of nitriles is 2. The van der Waals surface area contributed by atoms with Gasteiger partial charge in [0.15, 0.2) is 0 Å². The molecule has 2 aliphatic heterocycles. The molecule has 1 atom stereocenters. The van der Waals surface area contributed by atoms with Crippen molar-refractivity contribution in [3.05, 3.63) is 36.0 Å². The highest BCUT2D eigenvalue weighted by molar-refractivity contribution is 5.57. The molecule has 5 nitrogen and oxygen atoms in total. The summed E-state index contributed by atoms with van der Waals surface area (Å²) in [5.74, 6) is 0. The summed E-state index contributed by atoms with van der Waals surface area (Å²) in [4.78, 5) is 5.05. The standard InChI is InChI=1S/C17H19N5/c18-10-14(11-19)12-20-15-3-5-16(6-4-15)22-9-8-21-7-1-2-17(21)13-22/h3-6,12,17,20H,1-2,7-9,13H2. The summed E-state index contributed by atoms with van der Waals surface area (Å²) in [5, 5.41) is 20.4. The van der Waals surface area contributed by atoms with Gasteiger partial charge in [-0.1, -0.05) is 0 Å². The van der Waals surface area contributed by atoms with Crippen LogP contribution >= 0.6 is 0 Å². The second-order valence-corrected chi connectivity index (χ2v) is 5.75. The molecule has 0 saturated carbocycles. The Labute approximate surface area is 131 Å². The fourth-order valence-electron chi connectivity index (χ4n) is 3.24. The van der Waals surface area contributed by atoms with E-state index in [0.717, 1.165) is 25.3 Å². The zero-order valence-electron chi connectivity index (χ0n) is 12.5. The van der Waals surface area contributed by atoms with Crippen molar-refractivity contribution in [2.75, 3.05) is 36.4 Å². The number of rotatable bonds is 3.